The summed E-state index contributed by atoms with van der Waals surface area (Å²) < 4.78 is 7.45. The van der Waals surface area contributed by atoms with Gasteiger partial charge in [0.15, 0.2) is 5.65 Å². The zero-order valence-electron chi connectivity index (χ0n) is 19.9. The molecule has 176 valence electrons. The van der Waals surface area contributed by atoms with E-state index in [1.54, 1.807) is 12.4 Å². The third-order valence-electron chi connectivity index (χ3n) is 6.05. The molecule has 4 heterocycles. The predicted molar refractivity (Wildman–Crippen MR) is 127 cm³/mol. The molecule has 9 heteroatoms. The molecule has 0 radical (unpaired) electrons. The van der Waals surface area contributed by atoms with E-state index in [-0.39, 0.29) is 11.8 Å². The van der Waals surface area contributed by atoms with E-state index in [1.165, 1.54) is 0 Å². The van der Waals surface area contributed by atoms with Crippen LogP contribution in [0.4, 0.5) is 5.69 Å². The van der Waals surface area contributed by atoms with Gasteiger partial charge in [0.25, 0.3) is 5.91 Å². The van der Waals surface area contributed by atoms with Crippen LogP contribution in [0, 0.1) is 0 Å². The van der Waals surface area contributed by atoms with Crippen LogP contribution in [0.3, 0.4) is 0 Å². The lowest BCUT2D eigenvalue weighted by atomic mass is 10.0. The number of aryl methyl sites for hydroxylation is 2. The molecule has 0 unspecified atom stereocenters. The fourth-order valence-corrected chi connectivity index (χ4v) is 4.12. The number of ether oxygens (including phenoxy) is 1. The van der Waals surface area contributed by atoms with Crippen molar-refractivity contribution < 1.29 is 9.53 Å². The number of carbonyl (C=O) groups excluding carboxylic acids is 1. The number of fused-ring (bicyclic) bond motifs is 1. The zero-order chi connectivity index (χ0) is 23.4. The molecule has 2 N–H and O–H groups in total. The molecule has 0 atom stereocenters. The Labute approximate surface area is 194 Å². The Morgan fingerprint density at radius 2 is 1.91 bits per heavy atom. The fraction of sp³-hybridized carbons (Fsp3) is 0.542. The molecular weight excluding hydrogens is 418 g/mol. The predicted octanol–water partition coefficient (Wildman–Crippen LogP) is 3.45. The van der Waals surface area contributed by atoms with Crippen LogP contribution in [0.15, 0.2) is 18.6 Å². The van der Waals surface area contributed by atoms with Gasteiger partial charge in [-0.05, 0) is 26.2 Å². The highest BCUT2D eigenvalue weighted by atomic mass is 16.5. The van der Waals surface area contributed by atoms with E-state index in [2.05, 4.69) is 39.5 Å². The van der Waals surface area contributed by atoms with Crippen molar-refractivity contribution in [2.45, 2.75) is 72.0 Å². The molecule has 9 nitrogen and oxygen atoms in total. The summed E-state index contributed by atoms with van der Waals surface area (Å²) in [6.07, 6.45) is 7.69. The van der Waals surface area contributed by atoms with Crippen LogP contribution in [0.2, 0.25) is 0 Å². The molecule has 3 aromatic heterocycles. The Morgan fingerprint density at radius 3 is 2.55 bits per heavy atom. The van der Waals surface area contributed by atoms with Crippen molar-refractivity contribution in [3.8, 4) is 0 Å². The second-order valence-corrected chi connectivity index (χ2v) is 8.66. The Balaban J connectivity index is 1.64. The molecule has 1 saturated heterocycles. The number of rotatable bonds is 8. The highest BCUT2D eigenvalue weighted by Crippen LogP contribution is 2.31. The van der Waals surface area contributed by atoms with Crippen molar-refractivity contribution in [1.29, 1.82) is 0 Å². The average Bonchev–Trinajstić information content (AvgIpc) is 3.26. The summed E-state index contributed by atoms with van der Waals surface area (Å²) in [4.78, 5) is 26.4. The molecule has 33 heavy (non-hydrogen) atoms. The lowest BCUT2D eigenvalue weighted by molar-refractivity contribution is 0.0904. The maximum absolute atomic E-state index is 12.8. The summed E-state index contributed by atoms with van der Waals surface area (Å²) in [5, 5.41) is 12.3. The standard InChI is InChI=1S/C24H33N7O2/c1-5-20-18(13-27-24(32)16-11-25-22(15(3)4)26-12-16)21(29-17-7-9-33-10-8-17)19-14-28-31(6-2)23(19)30-20/h11-12,14-15,17H,5-10,13H2,1-4H3,(H,27,32)(H,29,30). The summed E-state index contributed by atoms with van der Waals surface area (Å²) in [5.41, 5.74) is 4.29. The summed E-state index contributed by atoms with van der Waals surface area (Å²) in [7, 11) is 0. The van der Waals surface area contributed by atoms with Gasteiger partial charge in [0.05, 0.1) is 22.8 Å². The van der Waals surface area contributed by atoms with E-state index in [1.807, 2.05) is 24.7 Å². The van der Waals surface area contributed by atoms with Gasteiger partial charge in [-0.25, -0.2) is 19.6 Å². The Hall–Kier alpha value is -3.07. The first-order chi connectivity index (χ1) is 16.0. The van der Waals surface area contributed by atoms with E-state index in [0.29, 0.717) is 18.2 Å². The molecule has 1 amide bonds. The van der Waals surface area contributed by atoms with Gasteiger partial charge < -0.3 is 15.4 Å². The molecule has 3 aromatic rings. The molecule has 1 aliphatic heterocycles. The fourth-order valence-electron chi connectivity index (χ4n) is 4.12. The largest absolute Gasteiger partial charge is 0.381 e. The normalized spacial score (nSPS) is 14.7. The maximum Gasteiger partial charge on any atom is 0.254 e. The number of nitrogens with one attached hydrogen (secondary N) is 2. The third kappa shape index (κ3) is 4.98. The number of hydrogen-bond acceptors (Lipinski definition) is 7. The van der Waals surface area contributed by atoms with Crippen molar-refractivity contribution in [2.75, 3.05) is 18.5 Å². The number of pyridine rings is 1. The second-order valence-electron chi connectivity index (χ2n) is 8.66. The molecule has 1 fully saturated rings. The molecule has 0 saturated carbocycles. The first-order valence-corrected chi connectivity index (χ1v) is 11.8. The van der Waals surface area contributed by atoms with Crippen molar-refractivity contribution >= 4 is 22.6 Å². The Bertz CT molecular complexity index is 1100. The number of nitrogens with zero attached hydrogens (tertiary/aromatic N) is 5. The zero-order valence-corrected chi connectivity index (χ0v) is 19.9. The van der Waals surface area contributed by atoms with E-state index in [9.17, 15) is 4.79 Å². The topological polar surface area (TPSA) is 107 Å². The molecule has 0 bridgehead atoms. The van der Waals surface area contributed by atoms with Crippen LogP contribution < -0.4 is 10.6 Å². The number of anilines is 1. The molecule has 0 aromatic carbocycles. The van der Waals surface area contributed by atoms with Gasteiger partial charge in [-0.3, -0.25) is 4.79 Å². The van der Waals surface area contributed by atoms with Crippen molar-refractivity contribution in [3.05, 3.63) is 41.2 Å². The van der Waals surface area contributed by atoms with Crippen molar-refractivity contribution in [2.24, 2.45) is 0 Å². The van der Waals surface area contributed by atoms with Crippen LogP contribution in [-0.4, -0.2) is 49.9 Å². The summed E-state index contributed by atoms with van der Waals surface area (Å²) in [6.45, 7) is 10.8. The van der Waals surface area contributed by atoms with Crippen LogP contribution in [0.5, 0.6) is 0 Å². The van der Waals surface area contributed by atoms with E-state index in [0.717, 1.165) is 72.8 Å². The van der Waals surface area contributed by atoms with Crippen LogP contribution in [0.25, 0.3) is 11.0 Å². The smallest absolute Gasteiger partial charge is 0.254 e. The molecular formula is C24H33N7O2. The second kappa shape index (κ2) is 10.2. The Morgan fingerprint density at radius 1 is 1.18 bits per heavy atom. The summed E-state index contributed by atoms with van der Waals surface area (Å²) >= 11 is 0. The first kappa shape index (κ1) is 23.1. The van der Waals surface area contributed by atoms with Gasteiger partial charge in [-0.1, -0.05) is 20.8 Å². The average molecular weight is 452 g/mol. The maximum atomic E-state index is 12.8. The highest BCUT2D eigenvalue weighted by Gasteiger charge is 2.22. The van der Waals surface area contributed by atoms with Crippen LogP contribution in [0.1, 0.15) is 73.9 Å². The number of carbonyl (C=O) groups is 1. The van der Waals surface area contributed by atoms with Gasteiger partial charge in [-0.15, -0.1) is 0 Å². The minimum atomic E-state index is -0.200. The Kier molecular flexibility index (Phi) is 7.17. The van der Waals surface area contributed by atoms with Gasteiger partial charge >= 0.3 is 0 Å². The summed E-state index contributed by atoms with van der Waals surface area (Å²) in [6, 6.07) is 0.311. The van der Waals surface area contributed by atoms with E-state index in [4.69, 9.17) is 9.72 Å². The minimum Gasteiger partial charge on any atom is -0.381 e. The van der Waals surface area contributed by atoms with Crippen LogP contribution in [-0.2, 0) is 24.2 Å². The number of hydrogen-bond donors (Lipinski definition) is 2. The van der Waals surface area contributed by atoms with Crippen molar-refractivity contribution in [3.63, 3.8) is 0 Å². The lowest BCUT2D eigenvalue weighted by Crippen LogP contribution is -2.30. The lowest BCUT2D eigenvalue weighted by Gasteiger charge is -2.26. The molecule has 0 aliphatic carbocycles. The van der Waals surface area contributed by atoms with Gasteiger partial charge in [0.2, 0.25) is 0 Å². The minimum absolute atomic E-state index is 0.200. The van der Waals surface area contributed by atoms with Gasteiger partial charge in [-0.2, -0.15) is 5.10 Å². The number of amides is 1. The molecule has 0 spiro atoms. The number of aromatic nitrogens is 5. The van der Waals surface area contributed by atoms with Crippen molar-refractivity contribution in [1.82, 2.24) is 30.0 Å². The summed E-state index contributed by atoms with van der Waals surface area (Å²) in [5.74, 6) is 0.744. The van der Waals surface area contributed by atoms with Gasteiger partial charge in [0.1, 0.15) is 5.82 Å². The quantitative estimate of drug-likeness (QED) is 0.540. The monoisotopic (exact) mass is 451 g/mol. The molecule has 4 rings (SSSR count). The van der Waals surface area contributed by atoms with E-state index < -0.39 is 0 Å². The van der Waals surface area contributed by atoms with Gasteiger partial charge in [0, 0.05) is 61.9 Å². The third-order valence-corrected chi connectivity index (χ3v) is 6.05. The molecule has 1 aliphatic rings. The first-order valence-electron chi connectivity index (χ1n) is 11.8. The van der Waals surface area contributed by atoms with E-state index >= 15 is 0 Å². The SMILES string of the molecule is CCc1nc2c(cnn2CC)c(NC2CCOCC2)c1CNC(=O)c1cnc(C(C)C)nc1. The van der Waals surface area contributed by atoms with Crippen LogP contribution >= 0.6 is 0 Å². The highest BCUT2D eigenvalue weighted by molar-refractivity contribution is 5.94.